The summed E-state index contributed by atoms with van der Waals surface area (Å²) in [6, 6.07) is 7.54. The molecule has 0 spiro atoms. The minimum absolute atomic E-state index is 0.00803. The normalized spacial score (nSPS) is 14.1. The summed E-state index contributed by atoms with van der Waals surface area (Å²) in [7, 11) is -3.98. The van der Waals surface area contributed by atoms with Crippen molar-refractivity contribution in [2.75, 3.05) is 19.7 Å². The first-order valence-electron chi connectivity index (χ1n) is 10.2. The molecule has 1 aromatic rings. The van der Waals surface area contributed by atoms with E-state index in [2.05, 4.69) is 15.6 Å². The molecule has 4 amide bonds. The van der Waals surface area contributed by atoms with Crippen molar-refractivity contribution in [2.24, 2.45) is 0 Å². The summed E-state index contributed by atoms with van der Waals surface area (Å²) in [4.78, 5) is 53.5. The summed E-state index contributed by atoms with van der Waals surface area (Å²) < 4.78 is 25.1. The second-order valence-corrected chi connectivity index (χ2v) is 8.86. The van der Waals surface area contributed by atoms with Crippen LogP contribution in [0.3, 0.4) is 0 Å². The van der Waals surface area contributed by atoms with E-state index in [9.17, 15) is 27.6 Å². The molecule has 15 nitrogen and oxygen atoms in total. The quantitative estimate of drug-likeness (QED) is 0.105. The average molecular weight is 515 g/mol. The highest BCUT2D eigenvalue weighted by Gasteiger charge is 2.30. The van der Waals surface area contributed by atoms with Gasteiger partial charge in [0.15, 0.2) is 6.29 Å². The maximum Gasteiger partial charge on any atom is 0.407 e. The number of hydroxylamine groups is 1. The van der Waals surface area contributed by atoms with Gasteiger partial charge in [0.05, 0.1) is 17.9 Å². The van der Waals surface area contributed by atoms with Gasteiger partial charge in [-0.3, -0.25) is 30.1 Å². The smallest absolute Gasteiger partial charge is 0.407 e. The van der Waals surface area contributed by atoms with Crippen LogP contribution in [0.15, 0.2) is 46.4 Å². The molecule has 1 aliphatic heterocycles. The van der Waals surface area contributed by atoms with E-state index in [1.54, 1.807) is 25.1 Å². The molecule has 0 saturated carbocycles. The van der Waals surface area contributed by atoms with Crippen LogP contribution in [0, 0.1) is 0 Å². The molecule has 16 heteroatoms. The van der Waals surface area contributed by atoms with Gasteiger partial charge in [-0.15, -0.1) is 4.83 Å². The Kier molecular flexibility index (Phi) is 9.95. The Morgan fingerprint density at radius 3 is 2.34 bits per heavy atom. The van der Waals surface area contributed by atoms with E-state index in [1.807, 2.05) is 10.6 Å². The maximum absolute atomic E-state index is 12.8. The first-order valence-corrected chi connectivity index (χ1v) is 11.7. The van der Waals surface area contributed by atoms with Crippen LogP contribution in [0.2, 0.25) is 0 Å². The Morgan fingerprint density at radius 2 is 1.74 bits per heavy atom. The van der Waals surface area contributed by atoms with Crippen molar-refractivity contribution in [2.45, 2.75) is 31.0 Å². The number of rotatable bonds is 12. The number of amides is 4. The number of hydrazine groups is 1. The number of carbonyl (C=O) groups excluding carboxylic acids is 2. The van der Waals surface area contributed by atoms with Gasteiger partial charge in [-0.1, -0.05) is 23.8 Å². The third-order valence-electron chi connectivity index (χ3n) is 4.61. The number of hydrogen-bond donors (Lipinski definition) is 7. The minimum Gasteiger partial charge on any atom is -0.465 e. The Bertz CT molecular complexity index is 1060. The first kappa shape index (κ1) is 27.5. The molecule has 0 fully saturated rings. The highest BCUT2D eigenvalue weighted by Crippen LogP contribution is 2.21. The molecule has 0 aliphatic carbocycles. The summed E-state index contributed by atoms with van der Waals surface area (Å²) in [6.07, 6.45) is -4.39. The number of nitrogens with zero attached hydrogens (tertiary/aromatic N) is 1. The summed E-state index contributed by atoms with van der Waals surface area (Å²) in [5.41, 5.74) is 2.93. The van der Waals surface area contributed by atoms with Gasteiger partial charge in [-0.25, -0.2) is 18.0 Å². The number of nitrogens with one attached hydrogen (secondary N) is 5. The molecule has 1 aliphatic rings. The lowest BCUT2D eigenvalue weighted by atomic mass is 9.99. The fraction of sp³-hybridized carbons (Fsp3) is 0.368. The van der Waals surface area contributed by atoms with Gasteiger partial charge in [0, 0.05) is 18.7 Å². The van der Waals surface area contributed by atoms with Crippen molar-refractivity contribution in [1.29, 1.82) is 0 Å². The van der Waals surface area contributed by atoms with E-state index in [0.717, 1.165) is 5.01 Å². The lowest BCUT2D eigenvalue weighted by molar-refractivity contribution is -0.131. The molecule has 0 saturated heterocycles. The Hall–Kier alpha value is -3.73. The number of sulfonamides is 1. The van der Waals surface area contributed by atoms with Gasteiger partial charge < -0.3 is 15.5 Å². The van der Waals surface area contributed by atoms with Crippen LogP contribution < -0.4 is 26.3 Å². The van der Waals surface area contributed by atoms with E-state index in [1.165, 1.54) is 12.1 Å². The minimum atomic E-state index is -3.98. The Balaban J connectivity index is 1.84. The Labute approximate surface area is 200 Å². The van der Waals surface area contributed by atoms with Gasteiger partial charge in [-0.05, 0) is 25.5 Å². The third-order valence-corrected chi connectivity index (χ3v) is 5.97. The summed E-state index contributed by atoms with van der Waals surface area (Å²) >= 11 is 0. The molecule has 0 bridgehead atoms. The number of carbonyl (C=O) groups is 4. The number of hydrogen-bond acceptors (Lipinski definition) is 8. The molecule has 1 heterocycles. The van der Waals surface area contributed by atoms with E-state index < -0.39 is 40.3 Å². The zero-order valence-electron chi connectivity index (χ0n) is 18.6. The zero-order valence-corrected chi connectivity index (χ0v) is 19.4. The van der Waals surface area contributed by atoms with Gasteiger partial charge in [0.1, 0.15) is 0 Å². The largest absolute Gasteiger partial charge is 0.465 e. The molecule has 0 aromatic heterocycles. The Morgan fingerprint density at radius 1 is 1.11 bits per heavy atom. The predicted molar refractivity (Wildman–Crippen MR) is 119 cm³/mol. The van der Waals surface area contributed by atoms with E-state index >= 15 is 0 Å². The molecule has 192 valence electrons. The van der Waals surface area contributed by atoms with Gasteiger partial charge >= 0.3 is 12.2 Å². The van der Waals surface area contributed by atoms with Crippen molar-refractivity contribution < 1.29 is 42.6 Å². The monoisotopic (exact) mass is 514 g/mol. The van der Waals surface area contributed by atoms with E-state index in [0.29, 0.717) is 12.0 Å². The topological polar surface area (TPSA) is 216 Å². The van der Waals surface area contributed by atoms with Gasteiger partial charge in [-0.2, -0.15) is 5.48 Å². The summed E-state index contributed by atoms with van der Waals surface area (Å²) in [5, 5.41) is 24.3. The van der Waals surface area contributed by atoms with Crippen LogP contribution in [0.25, 0.3) is 0 Å². The van der Waals surface area contributed by atoms with Crippen molar-refractivity contribution in [3.05, 3.63) is 41.5 Å². The van der Waals surface area contributed by atoms with Crippen molar-refractivity contribution in [1.82, 2.24) is 31.3 Å². The van der Waals surface area contributed by atoms with Crippen LogP contribution in [-0.2, 0) is 24.4 Å². The highest BCUT2D eigenvalue weighted by atomic mass is 32.2. The van der Waals surface area contributed by atoms with Crippen LogP contribution in [-0.4, -0.2) is 73.6 Å². The predicted octanol–water partition coefficient (Wildman–Crippen LogP) is -0.725. The third kappa shape index (κ3) is 8.85. The maximum atomic E-state index is 12.8. The van der Waals surface area contributed by atoms with Crippen LogP contribution in [0.5, 0.6) is 0 Å². The standard InChI is InChI=1S/C19H26N6O9S/c1-12-7-9-25(24-35(32,33)13-5-3-2-4-6-13)16(27)14(12)11-15(26)20-8-10-34-23-17(21-18(28)29)22-19(30)31/h2-6,17,21-24H,7-11H2,1H3,(H,20,26)(H,28,29)(H,30,31). The lowest BCUT2D eigenvalue weighted by Gasteiger charge is -2.29. The molecular formula is C19H26N6O9S. The van der Waals surface area contributed by atoms with Crippen molar-refractivity contribution in [3.63, 3.8) is 0 Å². The molecule has 7 N–H and O–H groups in total. The van der Waals surface area contributed by atoms with Crippen molar-refractivity contribution >= 4 is 34.0 Å². The fourth-order valence-electron chi connectivity index (χ4n) is 2.94. The molecule has 1 aromatic carbocycles. The van der Waals surface area contributed by atoms with Crippen LogP contribution in [0.1, 0.15) is 19.8 Å². The number of carboxylic acid groups (broad SMARTS) is 2. The van der Waals surface area contributed by atoms with Crippen molar-refractivity contribution in [3.8, 4) is 0 Å². The van der Waals surface area contributed by atoms with Crippen LogP contribution >= 0.6 is 0 Å². The van der Waals surface area contributed by atoms with E-state index in [-0.39, 0.29) is 36.6 Å². The number of benzene rings is 1. The molecule has 35 heavy (non-hydrogen) atoms. The highest BCUT2D eigenvalue weighted by molar-refractivity contribution is 7.89. The SMILES string of the molecule is CC1=C(CC(=O)NCCONC(NC(=O)O)NC(=O)O)C(=O)N(NS(=O)(=O)c2ccccc2)CC1. The second kappa shape index (κ2) is 12.7. The zero-order chi connectivity index (χ0) is 26.0. The van der Waals surface area contributed by atoms with E-state index in [4.69, 9.17) is 15.1 Å². The molecular weight excluding hydrogens is 488 g/mol. The molecule has 0 unspecified atom stereocenters. The molecule has 2 rings (SSSR count). The first-order chi connectivity index (χ1) is 16.5. The fourth-order valence-corrected chi connectivity index (χ4v) is 4.02. The molecule has 0 atom stereocenters. The average Bonchev–Trinajstić information content (AvgIpc) is 2.78. The van der Waals surface area contributed by atoms with Gasteiger partial charge in [0.25, 0.3) is 15.9 Å². The summed E-state index contributed by atoms with van der Waals surface area (Å²) in [5.74, 6) is -1.17. The second-order valence-electron chi connectivity index (χ2n) is 7.20. The van der Waals surface area contributed by atoms with Gasteiger partial charge in [0.2, 0.25) is 5.91 Å². The molecule has 0 radical (unpaired) electrons. The van der Waals surface area contributed by atoms with Crippen LogP contribution in [0.4, 0.5) is 9.59 Å². The summed E-state index contributed by atoms with van der Waals surface area (Å²) in [6.45, 7) is 1.57. The lowest BCUT2D eigenvalue weighted by Crippen LogP contribution is -2.56.